The highest BCUT2D eigenvalue weighted by molar-refractivity contribution is 5.97. The number of ether oxygens (including phenoxy) is 2. The number of para-hydroxylation sites is 1. The van der Waals surface area contributed by atoms with Crippen molar-refractivity contribution in [2.75, 3.05) is 13.2 Å². The second-order valence-corrected chi connectivity index (χ2v) is 11.7. The molecule has 3 aromatic carbocycles. The van der Waals surface area contributed by atoms with E-state index in [0.29, 0.717) is 33.8 Å². The SMILES string of the molecule is CC(c1nc2ccc(C(=O)NCCOc3ccccc3C(=O)O)cc2n1C)c1nc2cc(O)ccc2n1COC(=O)C(C)(C)C. The number of nitrogens with zero attached hydrogens (tertiary/aromatic N) is 4. The summed E-state index contributed by atoms with van der Waals surface area (Å²) in [7, 11) is 1.86. The van der Waals surface area contributed by atoms with Crippen LogP contribution in [0.25, 0.3) is 22.1 Å². The number of esters is 1. The highest BCUT2D eigenvalue weighted by atomic mass is 16.5. The van der Waals surface area contributed by atoms with E-state index < -0.39 is 11.4 Å². The molecule has 1 amide bonds. The van der Waals surface area contributed by atoms with Gasteiger partial charge in [-0.15, -0.1) is 0 Å². The summed E-state index contributed by atoms with van der Waals surface area (Å²) >= 11 is 0. The third-order valence-electron chi connectivity index (χ3n) is 7.41. The van der Waals surface area contributed by atoms with E-state index in [-0.39, 0.29) is 54.7 Å². The van der Waals surface area contributed by atoms with Crippen LogP contribution >= 0.6 is 0 Å². The number of phenolic OH excluding ortho intramolecular Hbond substituents is 1. The largest absolute Gasteiger partial charge is 0.508 e. The van der Waals surface area contributed by atoms with Crippen molar-refractivity contribution in [1.82, 2.24) is 24.4 Å². The summed E-state index contributed by atoms with van der Waals surface area (Å²) in [6, 6.07) is 16.4. The van der Waals surface area contributed by atoms with Crippen molar-refractivity contribution in [3.05, 3.63) is 83.4 Å². The molecule has 3 N–H and O–H groups in total. The Kier molecular flexibility index (Phi) is 8.49. The number of carboxylic acid groups (broad SMARTS) is 1. The van der Waals surface area contributed by atoms with Crippen LogP contribution in [0.5, 0.6) is 11.5 Å². The van der Waals surface area contributed by atoms with E-state index >= 15 is 0 Å². The summed E-state index contributed by atoms with van der Waals surface area (Å²) in [5.74, 6) is -0.536. The van der Waals surface area contributed by atoms with Crippen LogP contribution in [0.4, 0.5) is 0 Å². The van der Waals surface area contributed by atoms with Crippen molar-refractivity contribution in [3.8, 4) is 11.5 Å². The molecule has 12 nitrogen and oxygen atoms in total. The van der Waals surface area contributed by atoms with Gasteiger partial charge in [0.15, 0.2) is 6.73 Å². The second-order valence-electron chi connectivity index (χ2n) is 11.7. The molecular formula is C33H35N5O7. The lowest BCUT2D eigenvalue weighted by Crippen LogP contribution is -2.28. The van der Waals surface area contributed by atoms with Gasteiger partial charge in [0.1, 0.15) is 35.3 Å². The minimum atomic E-state index is -1.09. The zero-order chi connectivity index (χ0) is 32.5. The van der Waals surface area contributed by atoms with E-state index in [1.807, 2.05) is 18.5 Å². The fourth-order valence-electron chi connectivity index (χ4n) is 4.99. The van der Waals surface area contributed by atoms with Crippen LogP contribution < -0.4 is 10.1 Å². The molecule has 0 aliphatic heterocycles. The highest BCUT2D eigenvalue weighted by Crippen LogP contribution is 2.31. The maximum Gasteiger partial charge on any atom is 0.339 e. The number of phenols is 1. The van der Waals surface area contributed by atoms with Crippen LogP contribution in [0.1, 0.15) is 66.0 Å². The number of fused-ring (bicyclic) bond motifs is 2. The molecule has 0 fully saturated rings. The van der Waals surface area contributed by atoms with Gasteiger partial charge in [0, 0.05) is 18.7 Å². The maximum absolute atomic E-state index is 13.0. The van der Waals surface area contributed by atoms with E-state index in [2.05, 4.69) is 5.32 Å². The lowest BCUT2D eigenvalue weighted by molar-refractivity contribution is -0.156. The predicted molar refractivity (Wildman–Crippen MR) is 166 cm³/mol. The fraction of sp³-hybridized carbons (Fsp3) is 0.303. The summed E-state index contributed by atoms with van der Waals surface area (Å²) in [6.45, 7) is 7.50. The first-order valence-corrected chi connectivity index (χ1v) is 14.4. The van der Waals surface area contributed by atoms with Crippen molar-refractivity contribution < 1.29 is 34.1 Å². The number of aromatic hydroxyl groups is 1. The lowest BCUT2D eigenvalue weighted by atomic mass is 9.98. The topological polar surface area (TPSA) is 158 Å². The zero-order valence-corrected chi connectivity index (χ0v) is 25.7. The monoisotopic (exact) mass is 613 g/mol. The average molecular weight is 614 g/mol. The molecule has 2 aromatic heterocycles. The van der Waals surface area contributed by atoms with Crippen LogP contribution in [0.15, 0.2) is 60.7 Å². The summed E-state index contributed by atoms with van der Waals surface area (Å²) in [5, 5.41) is 22.2. The van der Waals surface area contributed by atoms with E-state index in [1.165, 1.54) is 6.07 Å². The molecular weight excluding hydrogens is 578 g/mol. The molecule has 12 heteroatoms. The quantitative estimate of drug-likeness (QED) is 0.148. The van der Waals surface area contributed by atoms with Crippen molar-refractivity contribution in [2.24, 2.45) is 12.5 Å². The molecule has 0 radical (unpaired) electrons. The van der Waals surface area contributed by atoms with Gasteiger partial charge in [-0.3, -0.25) is 14.2 Å². The second kappa shape index (κ2) is 12.3. The number of aryl methyl sites for hydroxylation is 1. The van der Waals surface area contributed by atoms with Gasteiger partial charge in [0.2, 0.25) is 0 Å². The molecule has 0 saturated carbocycles. The number of aromatic nitrogens is 4. The summed E-state index contributed by atoms with van der Waals surface area (Å²) in [4.78, 5) is 46.5. The van der Waals surface area contributed by atoms with Gasteiger partial charge >= 0.3 is 11.9 Å². The van der Waals surface area contributed by atoms with Gasteiger partial charge in [-0.25, -0.2) is 14.8 Å². The maximum atomic E-state index is 13.0. The number of benzene rings is 3. The number of carbonyl (C=O) groups is 3. The molecule has 45 heavy (non-hydrogen) atoms. The Labute approximate surface area is 259 Å². The number of hydrogen-bond donors (Lipinski definition) is 3. The molecule has 5 rings (SSSR count). The Morgan fingerprint density at radius 3 is 2.42 bits per heavy atom. The summed E-state index contributed by atoms with van der Waals surface area (Å²) in [6.07, 6.45) is 0. The Bertz CT molecular complexity index is 1920. The number of rotatable bonds is 10. The van der Waals surface area contributed by atoms with Crippen molar-refractivity contribution >= 4 is 39.9 Å². The Balaban J connectivity index is 1.35. The Hall–Kier alpha value is -5.39. The smallest absolute Gasteiger partial charge is 0.339 e. The van der Waals surface area contributed by atoms with E-state index in [0.717, 1.165) is 5.52 Å². The molecule has 2 heterocycles. The van der Waals surface area contributed by atoms with E-state index in [1.54, 1.807) is 79.9 Å². The molecule has 5 aromatic rings. The third-order valence-corrected chi connectivity index (χ3v) is 7.41. The van der Waals surface area contributed by atoms with Gasteiger partial charge in [0.05, 0.1) is 39.9 Å². The first kappa shape index (κ1) is 31.0. The van der Waals surface area contributed by atoms with Crippen molar-refractivity contribution in [2.45, 2.75) is 40.3 Å². The lowest BCUT2D eigenvalue weighted by Gasteiger charge is -2.19. The normalized spacial score (nSPS) is 12.3. The van der Waals surface area contributed by atoms with Gasteiger partial charge < -0.3 is 29.6 Å². The first-order valence-electron chi connectivity index (χ1n) is 14.4. The minimum absolute atomic E-state index is 0.0511. The van der Waals surface area contributed by atoms with E-state index in [4.69, 9.17) is 19.4 Å². The zero-order valence-electron chi connectivity index (χ0n) is 25.7. The average Bonchev–Trinajstić information content (AvgIpc) is 3.53. The first-order chi connectivity index (χ1) is 21.3. The number of aromatic carboxylic acids is 1. The van der Waals surface area contributed by atoms with Crippen LogP contribution in [0.2, 0.25) is 0 Å². The summed E-state index contributed by atoms with van der Waals surface area (Å²) in [5.41, 5.74) is 2.46. The van der Waals surface area contributed by atoms with E-state index in [9.17, 15) is 24.6 Å². The number of carboxylic acids is 1. The van der Waals surface area contributed by atoms with Crippen LogP contribution in [-0.4, -0.2) is 60.3 Å². The van der Waals surface area contributed by atoms with Gasteiger partial charge in [-0.05, 0) is 70.2 Å². The molecule has 0 bridgehead atoms. The van der Waals surface area contributed by atoms with Crippen LogP contribution in [-0.2, 0) is 23.3 Å². The number of imidazole rings is 2. The van der Waals surface area contributed by atoms with Gasteiger partial charge in [0.25, 0.3) is 5.91 Å². The van der Waals surface area contributed by atoms with Gasteiger partial charge in [-0.2, -0.15) is 0 Å². The number of hydrogen-bond acceptors (Lipinski definition) is 8. The van der Waals surface area contributed by atoms with Crippen LogP contribution in [0.3, 0.4) is 0 Å². The molecule has 0 aliphatic carbocycles. The minimum Gasteiger partial charge on any atom is -0.508 e. The van der Waals surface area contributed by atoms with Gasteiger partial charge in [-0.1, -0.05) is 12.1 Å². The molecule has 0 saturated heterocycles. The molecule has 1 atom stereocenters. The van der Waals surface area contributed by atoms with Crippen molar-refractivity contribution in [3.63, 3.8) is 0 Å². The number of carbonyl (C=O) groups excluding carboxylic acids is 2. The Morgan fingerprint density at radius 2 is 1.69 bits per heavy atom. The summed E-state index contributed by atoms with van der Waals surface area (Å²) < 4.78 is 14.9. The number of nitrogens with one attached hydrogen (secondary N) is 1. The number of amides is 1. The van der Waals surface area contributed by atoms with Crippen LogP contribution in [0, 0.1) is 5.41 Å². The molecule has 0 spiro atoms. The molecule has 234 valence electrons. The predicted octanol–water partition coefficient (Wildman–Crippen LogP) is 4.83. The third kappa shape index (κ3) is 6.44. The molecule has 1 unspecified atom stereocenters. The molecule has 0 aliphatic rings. The van der Waals surface area contributed by atoms with Crippen molar-refractivity contribution in [1.29, 1.82) is 0 Å². The highest BCUT2D eigenvalue weighted by Gasteiger charge is 2.27. The fourth-order valence-corrected chi connectivity index (χ4v) is 4.99. The standard InChI is InChI=1S/C33H35N5O7/c1-19(29-36-24-17-21(39)11-13-25(24)38(29)18-45-32(43)33(2,3)4)28-35-23-12-10-20(16-26(23)37(28)5)30(40)34-14-15-44-27-9-7-6-8-22(27)31(41)42/h6-13,16-17,19,39H,14-15,18H2,1-5H3,(H,34,40)(H,41,42). The Morgan fingerprint density at radius 1 is 0.956 bits per heavy atom.